The first kappa shape index (κ1) is 21.4. The Morgan fingerprint density at radius 1 is 1.00 bits per heavy atom. The maximum atomic E-state index is 10.3. The molecule has 0 aliphatic carbocycles. The number of nitrogens with zero attached hydrogens (tertiary/aromatic N) is 3. The fourth-order valence-electron chi connectivity index (χ4n) is 5.00. The molecule has 0 radical (unpaired) electrons. The van der Waals surface area contributed by atoms with Gasteiger partial charge in [0.1, 0.15) is 5.75 Å². The van der Waals surface area contributed by atoms with E-state index in [1.807, 2.05) is 30.3 Å². The van der Waals surface area contributed by atoms with Gasteiger partial charge >= 0.3 is 0 Å². The zero-order chi connectivity index (χ0) is 23.0. The van der Waals surface area contributed by atoms with E-state index in [4.69, 9.17) is 19.6 Å². The van der Waals surface area contributed by atoms with E-state index in [9.17, 15) is 15.8 Å². The Balaban J connectivity index is 1.84. The zero-order valence-electron chi connectivity index (χ0n) is 17.8. The molecule has 2 aromatic rings. The number of methoxy groups -OCH3 is 1. The van der Waals surface area contributed by atoms with Crippen molar-refractivity contribution in [2.45, 2.75) is 31.7 Å². The van der Waals surface area contributed by atoms with Crippen LogP contribution < -0.4 is 4.74 Å². The molecular formula is C25H22N4O3. The van der Waals surface area contributed by atoms with Gasteiger partial charge in [-0.15, -0.1) is 0 Å². The topological polar surface area (TPSA) is 123 Å². The van der Waals surface area contributed by atoms with E-state index in [1.165, 1.54) is 0 Å². The highest BCUT2D eigenvalue weighted by molar-refractivity contribution is 5.89. The van der Waals surface area contributed by atoms with E-state index in [1.54, 1.807) is 38.3 Å². The first-order valence-electron chi connectivity index (χ1n) is 10.3. The summed E-state index contributed by atoms with van der Waals surface area (Å²) < 4.78 is 17.7. The molecule has 2 fully saturated rings. The van der Waals surface area contributed by atoms with Crippen LogP contribution in [0.25, 0.3) is 0 Å². The van der Waals surface area contributed by atoms with E-state index in [0.29, 0.717) is 24.2 Å². The number of nitrogens with one attached hydrogen (secondary N) is 1. The van der Waals surface area contributed by atoms with Crippen LogP contribution >= 0.6 is 0 Å². The molecule has 0 spiro atoms. The Kier molecular flexibility index (Phi) is 5.13. The summed E-state index contributed by atoms with van der Waals surface area (Å²) in [6, 6.07) is 23.0. The van der Waals surface area contributed by atoms with Crippen LogP contribution in [0.2, 0.25) is 0 Å². The molecule has 2 aromatic carbocycles. The Bertz CT molecular complexity index is 1140. The van der Waals surface area contributed by atoms with Gasteiger partial charge in [0.15, 0.2) is 10.8 Å². The molecule has 7 nitrogen and oxygen atoms in total. The molecule has 32 heavy (non-hydrogen) atoms. The van der Waals surface area contributed by atoms with Gasteiger partial charge in [0.05, 0.1) is 37.3 Å². The van der Waals surface area contributed by atoms with Gasteiger partial charge in [0.2, 0.25) is 11.7 Å². The minimum Gasteiger partial charge on any atom is -0.497 e. The summed E-state index contributed by atoms with van der Waals surface area (Å²) in [5, 5.41) is 39.3. The van der Waals surface area contributed by atoms with E-state index in [2.05, 4.69) is 18.2 Å². The van der Waals surface area contributed by atoms with Crippen molar-refractivity contribution in [3.05, 3.63) is 65.7 Å². The van der Waals surface area contributed by atoms with Crippen molar-refractivity contribution >= 4 is 5.90 Å². The van der Waals surface area contributed by atoms with Crippen LogP contribution in [0.5, 0.6) is 5.75 Å². The monoisotopic (exact) mass is 426 g/mol. The molecule has 4 atom stereocenters. The third-order valence-electron chi connectivity index (χ3n) is 6.81. The molecule has 2 aliphatic rings. The fourth-order valence-corrected chi connectivity index (χ4v) is 5.00. The molecule has 2 heterocycles. The lowest BCUT2D eigenvalue weighted by Crippen LogP contribution is -2.61. The minimum absolute atomic E-state index is 0.315. The number of hydrogen-bond donors (Lipinski definition) is 1. The fraction of sp³-hybridized carbons (Fsp3) is 0.360. The number of ether oxygens (including phenoxy) is 3. The van der Waals surface area contributed by atoms with Crippen LogP contribution in [0.1, 0.15) is 24.5 Å². The van der Waals surface area contributed by atoms with Gasteiger partial charge in [0.25, 0.3) is 0 Å². The van der Waals surface area contributed by atoms with Gasteiger partial charge < -0.3 is 14.2 Å². The molecule has 2 bridgehead atoms. The Morgan fingerprint density at radius 2 is 1.66 bits per heavy atom. The van der Waals surface area contributed by atoms with E-state index < -0.39 is 34.5 Å². The van der Waals surface area contributed by atoms with Crippen molar-refractivity contribution in [2.24, 2.45) is 16.7 Å². The smallest absolute Gasteiger partial charge is 0.243 e. The van der Waals surface area contributed by atoms with Gasteiger partial charge in [-0.25, -0.2) is 0 Å². The first-order valence-corrected chi connectivity index (χ1v) is 10.3. The predicted molar refractivity (Wildman–Crippen MR) is 114 cm³/mol. The third kappa shape index (κ3) is 2.64. The third-order valence-corrected chi connectivity index (χ3v) is 6.81. The Labute approximate surface area is 186 Å². The molecule has 0 amide bonds. The maximum Gasteiger partial charge on any atom is 0.243 e. The van der Waals surface area contributed by atoms with Crippen molar-refractivity contribution in [1.29, 1.82) is 21.2 Å². The molecule has 1 N–H and O–H groups in total. The summed E-state index contributed by atoms with van der Waals surface area (Å²) in [5.74, 6) is -2.00. The number of nitriles is 3. The van der Waals surface area contributed by atoms with Gasteiger partial charge in [-0.1, -0.05) is 37.3 Å². The maximum absolute atomic E-state index is 10.3. The highest BCUT2D eigenvalue weighted by atomic mass is 16.7. The van der Waals surface area contributed by atoms with Crippen LogP contribution in [-0.2, 0) is 21.7 Å². The highest BCUT2D eigenvalue weighted by Gasteiger charge is 2.79. The summed E-state index contributed by atoms with van der Waals surface area (Å²) >= 11 is 0. The normalized spacial score (nSPS) is 29.8. The molecule has 0 saturated carbocycles. The second-order valence-electron chi connectivity index (χ2n) is 8.13. The Hall–Kier alpha value is -3.86. The minimum atomic E-state index is -1.89. The summed E-state index contributed by atoms with van der Waals surface area (Å²) in [6.45, 7) is 1.70. The van der Waals surface area contributed by atoms with Crippen LogP contribution in [0.3, 0.4) is 0 Å². The van der Waals surface area contributed by atoms with E-state index in [0.717, 1.165) is 5.56 Å². The molecule has 2 aliphatic heterocycles. The lowest BCUT2D eigenvalue weighted by molar-refractivity contribution is -0.286. The molecule has 7 heteroatoms. The van der Waals surface area contributed by atoms with Gasteiger partial charge in [0, 0.05) is 5.56 Å². The second-order valence-corrected chi connectivity index (χ2v) is 8.13. The summed E-state index contributed by atoms with van der Waals surface area (Å²) in [5.41, 5.74) is -2.04. The Morgan fingerprint density at radius 3 is 2.22 bits per heavy atom. The van der Waals surface area contributed by atoms with Crippen LogP contribution in [0.4, 0.5) is 0 Å². The largest absolute Gasteiger partial charge is 0.497 e. The van der Waals surface area contributed by atoms with Crippen LogP contribution in [0, 0.1) is 56.2 Å². The molecule has 160 valence electrons. The van der Waals surface area contributed by atoms with Crippen molar-refractivity contribution in [1.82, 2.24) is 0 Å². The van der Waals surface area contributed by atoms with Gasteiger partial charge in [-0.3, -0.25) is 5.41 Å². The van der Waals surface area contributed by atoms with E-state index in [-0.39, 0.29) is 0 Å². The van der Waals surface area contributed by atoms with Crippen molar-refractivity contribution < 1.29 is 14.2 Å². The highest BCUT2D eigenvalue weighted by Crippen LogP contribution is 2.66. The lowest BCUT2D eigenvalue weighted by Gasteiger charge is -2.48. The number of fused-ring (bicyclic) bond motifs is 2. The van der Waals surface area contributed by atoms with E-state index >= 15 is 0 Å². The number of rotatable bonds is 5. The quantitative estimate of drug-likeness (QED) is 0.769. The summed E-state index contributed by atoms with van der Waals surface area (Å²) in [7, 11) is 1.56. The molecule has 4 rings (SSSR count). The van der Waals surface area contributed by atoms with Crippen LogP contribution in [-0.4, -0.2) is 19.1 Å². The zero-order valence-corrected chi connectivity index (χ0v) is 17.8. The average Bonchev–Trinajstić information content (AvgIpc) is 3.00. The SMILES string of the molecule is COc1ccc(C23OC(=N)C(C#N)(C2C)C(C#N)(C#N)C(CCc2ccccc2)O3)cc1. The average molecular weight is 426 g/mol. The molecule has 2 saturated heterocycles. The lowest BCUT2D eigenvalue weighted by atomic mass is 9.53. The standard InChI is InChI=1S/C25H22N4O3/c1-17-24(16-28)22(29)32-25(17,19-9-11-20(30-2)12-10-19)31-21(23(24,14-26)15-27)13-8-18-6-4-3-5-7-18/h3-7,9-12,17,21,29H,8,13H2,1-2H3. The molecule has 0 aromatic heterocycles. The molecular weight excluding hydrogens is 404 g/mol. The first-order chi connectivity index (χ1) is 15.4. The van der Waals surface area contributed by atoms with Crippen LogP contribution in [0.15, 0.2) is 54.6 Å². The van der Waals surface area contributed by atoms with Crippen molar-refractivity contribution in [3.8, 4) is 24.0 Å². The van der Waals surface area contributed by atoms with Crippen molar-refractivity contribution in [2.75, 3.05) is 7.11 Å². The number of aryl methyl sites for hydroxylation is 1. The number of benzene rings is 2. The molecule has 4 unspecified atom stereocenters. The van der Waals surface area contributed by atoms with Gasteiger partial charge in [-0.2, -0.15) is 15.8 Å². The predicted octanol–water partition coefficient (Wildman–Crippen LogP) is 4.07. The summed E-state index contributed by atoms with van der Waals surface area (Å²) in [6.07, 6.45) is -0.0903. The van der Waals surface area contributed by atoms with Crippen molar-refractivity contribution in [3.63, 3.8) is 0 Å². The summed E-state index contributed by atoms with van der Waals surface area (Å²) in [4.78, 5) is 0. The second kappa shape index (κ2) is 7.68. The number of hydrogen-bond acceptors (Lipinski definition) is 7. The van der Waals surface area contributed by atoms with Gasteiger partial charge in [-0.05, 0) is 42.7 Å².